The Balaban J connectivity index is 1.71. The molecule has 168 valence electrons. The molecule has 4 aromatic rings. The normalized spacial score (nSPS) is 15.4. The lowest BCUT2D eigenvalue weighted by molar-refractivity contribution is 0.0187. The molecule has 3 aromatic heterocycles. The Hall–Kier alpha value is -3.80. The van der Waals surface area contributed by atoms with Crippen LogP contribution in [0.5, 0.6) is 0 Å². The number of halogens is 2. The molecule has 0 radical (unpaired) electrons. The molecular formula is C24H22F2N6O. The van der Waals surface area contributed by atoms with Gasteiger partial charge in [0.25, 0.3) is 5.92 Å². The van der Waals surface area contributed by atoms with E-state index in [0.29, 0.717) is 17.2 Å². The van der Waals surface area contributed by atoms with E-state index in [1.165, 1.54) is 33.5 Å². The second-order valence-corrected chi connectivity index (χ2v) is 8.74. The second kappa shape index (κ2) is 7.66. The number of nitriles is 1. The summed E-state index contributed by atoms with van der Waals surface area (Å²) in [6, 6.07) is 10.2. The van der Waals surface area contributed by atoms with Gasteiger partial charge in [0.2, 0.25) is 0 Å². The standard InChI is InChI=1S/C24H22F2N6O/c1-24(25,26)19-7-4-8-31-20(19)13-32(23(31)33)18-10-15(12-27)9-17(11-18)21(16-5-3-6-16)22-29-28-14-30(22)2/h4,7-11,13-14,16,21H,3,5-6H2,1-2H3/t21-/m1/s1. The molecule has 0 saturated heterocycles. The van der Waals surface area contributed by atoms with Crippen molar-refractivity contribution in [2.24, 2.45) is 13.0 Å². The van der Waals surface area contributed by atoms with Gasteiger partial charge < -0.3 is 4.57 Å². The van der Waals surface area contributed by atoms with Crippen molar-refractivity contribution in [2.75, 3.05) is 0 Å². The lowest BCUT2D eigenvalue weighted by Gasteiger charge is -2.33. The van der Waals surface area contributed by atoms with Crippen molar-refractivity contribution in [2.45, 2.75) is 38.0 Å². The number of benzene rings is 1. The van der Waals surface area contributed by atoms with Crippen LogP contribution in [0, 0.1) is 17.2 Å². The molecule has 0 bridgehead atoms. The first kappa shape index (κ1) is 21.1. The van der Waals surface area contributed by atoms with Crippen LogP contribution in [0.4, 0.5) is 8.78 Å². The first-order valence-corrected chi connectivity index (χ1v) is 10.8. The molecule has 1 aliphatic rings. The topological polar surface area (TPSA) is 80.9 Å². The quantitative estimate of drug-likeness (QED) is 0.460. The maximum absolute atomic E-state index is 14.2. The van der Waals surface area contributed by atoms with E-state index in [4.69, 9.17) is 0 Å². The first-order chi connectivity index (χ1) is 15.8. The van der Waals surface area contributed by atoms with Gasteiger partial charge in [-0.1, -0.05) is 6.42 Å². The largest absolute Gasteiger partial charge is 0.337 e. The Bertz CT molecular complexity index is 1450. The van der Waals surface area contributed by atoms with Crippen LogP contribution in [0.3, 0.4) is 0 Å². The number of hydrogen-bond acceptors (Lipinski definition) is 4. The average molecular weight is 448 g/mol. The van der Waals surface area contributed by atoms with Gasteiger partial charge in [0.15, 0.2) is 0 Å². The number of imidazole rings is 1. The smallest absolute Gasteiger partial charge is 0.320 e. The minimum absolute atomic E-state index is 0.0819. The monoisotopic (exact) mass is 448 g/mol. The highest BCUT2D eigenvalue weighted by Crippen LogP contribution is 2.43. The summed E-state index contributed by atoms with van der Waals surface area (Å²) in [6.07, 6.45) is 7.73. The minimum Gasteiger partial charge on any atom is -0.320 e. The molecule has 1 saturated carbocycles. The van der Waals surface area contributed by atoms with Gasteiger partial charge in [-0.25, -0.2) is 13.6 Å². The van der Waals surface area contributed by atoms with Gasteiger partial charge in [0.05, 0.1) is 22.8 Å². The number of alkyl halides is 2. The molecular weight excluding hydrogens is 426 g/mol. The van der Waals surface area contributed by atoms with Gasteiger partial charge >= 0.3 is 5.69 Å². The summed E-state index contributed by atoms with van der Waals surface area (Å²) >= 11 is 0. The zero-order valence-electron chi connectivity index (χ0n) is 18.2. The highest BCUT2D eigenvalue weighted by atomic mass is 19.3. The summed E-state index contributed by atoms with van der Waals surface area (Å²) in [7, 11) is 1.88. The molecule has 0 unspecified atom stereocenters. The molecule has 0 aliphatic heterocycles. The summed E-state index contributed by atoms with van der Waals surface area (Å²) in [5.74, 6) is -2.04. The molecule has 5 rings (SSSR count). The third-order valence-electron chi connectivity index (χ3n) is 6.52. The molecule has 0 N–H and O–H groups in total. The van der Waals surface area contributed by atoms with Gasteiger partial charge in [-0.3, -0.25) is 8.97 Å². The SMILES string of the molecule is Cn1cnnc1[C@@H](c1cc(C#N)cc(-n2cc3c(C(C)(F)F)cccn3c2=O)c1)C1CCC1. The predicted molar refractivity (Wildman–Crippen MR) is 117 cm³/mol. The van der Waals surface area contributed by atoms with Gasteiger partial charge in [0.1, 0.15) is 12.2 Å². The number of fused-ring (bicyclic) bond motifs is 1. The van der Waals surface area contributed by atoms with Crippen LogP contribution in [0.15, 0.2) is 53.8 Å². The molecule has 1 aliphatic carbocycles. The van der Waals surface area contributed by atoms with E-state index in [1.807, 2.05) is 23.7 Å². The average Bonchev–Trinajstić information content (AvgIpc) is 3.32. The first-order valence-electron chi connectivity index (χ1n) is 10.8. The van der Waals surface area contributed by atoms with Gasteiger partial charge in [-0.2, -0.15) is 5.26 Å². The molecule has 7 nitrogen and oxygen atoms in total. The molecule has 0 spiro atoms. The summed E-state index contributed by atoms with van der Waals surface area (Å²) in [6.45, 7) is 0.808. The van der Waals surface area contributed by atoms with Crippen LogP contribution in [-0.2, 0) is 13.0 Å². The van der Waals surface area contributed by atoms with Crippen molar-refractivity contribution in [1.29, 1.82) is 5.26 Å². The Kier molecular flexibility index (Phi) is 4.89. The summed E-state index contributed by atoms with van der Waals surface area (Å²) in [5, 5.41) is 18.0. The Morgan fingerprint density at radius 1 is 1.27 bits per heavy atom. The van der Waals surface area contributed by atoms with E-state index in [0.717, 1.165) is 37.6 Å². The molecule has 1 fully saturated rings. The van der Waals surface area contributed by atoms with Crippen LogP contribution >= 0.6 is 0 Å². The fourth-order valence-electron chi connectivity index (χ4n) is 4.67. The van der Waals surface area contributed by atoms with Crippen LogP contribution in [0.25, 0.3) is 11.2 Å². The van der Waals surface area contributed by atoms with Gasteiger partial charge in [-0.05, 0) is 54.7 Å². The number of nitrogens with zero attached hydrogens (tertiary/aromatic N) is 6. The second-order valence-electron chi connectivity index (χ2n) is 8.74. The summed E-state index contributed by atoms with van der Waals surface area (Å²) < 4.78 is 32.7. The Labute approximate surface area is 188 Å². The number of rotatable bonds is 5. The molecule has 3 heterocycles. The van der Waals surface area contributed by atoms with Crippen molar-refractivity contribution >= 4 is 5.52 Å². The minimum atomic E-state index is -3.11. The molecule has 33 heavy (non-hydrogen) atoms. The molecule has 9 heteroatoms. The van der Waals surface area contributed by atoms with E-state index in [-0.39, 0.29) is 17.0 Å². The van der Waals surface area contributed by atoms with Crippen LogP contribution in [0.2, 0.25) is 0 Å². The third-order valence-corrected chi connectivity index (χ3v) is 6.52. The van der Waals surface area contributed by atoms with Crippen molar-refractivity contribution < 1.29 is 8.78 Å². The zero-order valence-corrected chi connectivity index (χ0v) is 18.2. The van der Waals surface area contributed by atoms with Crippen molar-refractivity contribution in [3.05, 3.63) is 82.1 Å². The van der Waals surface area contributed by atoms with E-state index < -0.39 is 11.6 Å². The van der Waals surface area contributed by atoms with Crippen LogP contribution < -0.4 is 5.69 Å². The van der Waals surface area contributed by atoms with Gasteiger partial charge in [-0.15, -0.1) is 10.2 Å². The fraction of sp³-hybridized carbons (Fsp3) is 0.333. The van der Waals surface area contributed by atoms with E-state index in [2.05, 4.69) is 16.3 Å². The third kappa shape index (κ3) is 3.52. The molecule has 1 atom stereocenters. The number of aromatic nitrogens is 5. The number of hydrogen-bond donors (Lipinski definition) is 0. The van der Waals surface area contributed by atoms with Crippen molar-refractivity contribution in [3.63, 3.8) is 0 Å². The molecule has 1 aromatic carbocycles. The van der Waals surface area contributed by atoms with Crippen LogP contribution in [-0.4, -0.2) is 23.7 Å². The maximum Gasteiger partial charge on any atom is 0.337 e. The lowest BCUT2D eigenvalue weighted by Crippen LogP contribution is -2.24. The predicted octanol–water partition coefficient (Wildman–Crippen LogP) is 4.13. The lowest BCUT2D eigenvalue weighted by atomic mass is 9.72. The van der Waals surface area contributed by atoms with Crippen LogP contribution in [0.1, 0.15) is 54.6 Å². The van der Waals surface area contributed by atoms with Gasteiger partial charge in [0, 0.05) is 37.8 Å². The van der Waals surface area contributed by atoms with E-state index in [1.54, 1.807) is 12.4 Å². The summed E-state index contributed by atoms with van der Waals surface area (Å²) in [5.41, 5.74) is 1.11. The maximum atomic E-state index is 14.2. The highest BCUT2D eigenvalue weighted by molar-refractivity contribution is 5.58. The zero-order chi connectivity index (χ0) is 23.3. The Morgan fingerprint density at radius 3 is 2.67 bits per heavy atom. The van der Waals surface area contributed by atoms with E-state index in [9.17, 15) is 18.8 Å². The molecule has 0 amide bonds. The fourth-order valence-corrected chi connectivity index (χ4v) is 4.67. The highest BCUT2D eigenvalue weighted by Gasteiger charge is 2.33. The number of aryl methyl sites for hydroxylation is 1. The van der Waals surface area contributed by atoms with Crippen molar-refractivity contribution in [3.8, 4) is 11.8 Å². The summed E-state index contributed by atoms with van der Waals surface area (Å²) in [4.78, 5) is 13.1. The van der Waals surface area contributed by atoms with E-state index >= 15 is 0 Å². The number of pyridine rings is 1. The van der Waals surface area contributed by atoms with Crippen molar-refractivity contribution in [1.82, 2.24) is 23.7 Å². The Morgan fingerprint density at radius 2 is 2.06 bits per heavy atom.